The molecule has 19 heavy (non-hydrogen) atoms. The standard InChI is InChI=1S/C17H22OSe/c18-15-6-4-5-13-9-10-14(17(13)11-15)12-19-16-7-2-1-3-8-16/h1-3,7-8,13-14,17H,4-6,9-12H2/t13-,14+,17+/m0/s1. The molecule has 102 valence electrons. The first-order valence-electron chi connectivity index (χ1n) is 7.52. The van der Waals surface area contributed by atoms with Gasteiger partial charge in [-0.2, -0.15) is 0 Å². The Bertz CT molecular complexity index is 428. The molecule has 1 aromatic carbocycles. The van der Waals surface area contributed by atoms with Gasteiger partial charge < -0.3 is 0 Å². The zero-order valence-corrected chi connectivity index (χ0v) is 13.1. The zero-order valence-electron chi connectivity index (χ0n) is 11.4. The van der Waals surface area contributed by atoms with Gasteiger partial charge >= 0.3 is 122 Å². The summed E-state index contributed by atoms with van der Waals surface area (Å²) in [7, 11) is 0. The van der Waals surface area contributed by atoms with E-state index in [2.05, 4.69) is 30.3 Å². The summed E-state index contributed by atoms with van der Waals surface area (Å²) in [5.41, 5.74) is 0. The molecule has 2 heteroatoms. The fourth-order valence-corrected chi connectivity index (χ4v) is 6.24. The van der Waals surface area contributed by atoms with Gasteiger partial charge in [-0.15, -0.1) is 0 Å². The van der Waals surface area contributed by atoms with Gasteiger partial charge in [-0.3, -0.25) is 0 Å². The van der Waals surface area contributed by atoms with Crippen LogP contribution in [0, 0.1) is 17.8 Å². The predicted octanol–water partition coefficient (Wildman–Crippen LogP) is 3.22. The van der Waals surface area contributed by atoms with Crippen molar-refractivity contribution in [3.05, 3.63) is 30.3 Å². The Hall–Kier alpha value is -0.591. The van der Waals surface area contributed by atoms with Gasteiger partial charge in [0.25, 0.3) is 0 Å². The molecule has 0 heterocycles. The molecule has 2 saturated carbocycles. The van der Waals surface area contributed by atoms with E-state index in [-0.39, 0.29) is 0 Å². The molecule has 2 aliphatic rings. The van der Waals surface area contributed by atoms with E-state index in [1.54, 1.807) is 0 Å². The molecule has 0 spiro atoms. The van der Waals surface area contributed by atoms with Crippen molar-refractivity contribution in [3.8, 4) is 0 Å². The first-order chi connectivity index (χ1) is 9.33. The molecule has 2 fully saturated rings. The normalized spacial score (nSPS) is 30.9. The third-order valence-corrected chi connectivity index (χ3v) is 7.34. The van der Waals surface area contributed by atoms with Gasteiger partial charge in [0.05, 0.1) is 0 Å². The van der Waals surface area contributed by atoms with E-state index in [9.17, 15) is 4.79 Å². The molecule has 1 nitrogen and oxygen atoms in total. The zero-order chi connectivity index (χ0) is 13.1. The summed E-state index contributed by atoms with van der Waals surface area (Å²) >= 11 is 0.593. The second kappa shape index (κ2) is 6.24. The fraction of sp³-hybridized carbons (Fsp3) is 0.588. The van der Waals surface area contributed by atoms with E-state index >= 15 is 0 Å². The summed E-state index contributed by atoms with van der Waals surface area (Å²) in [6, 6.07) is 10.9. The molecular weight excluding hydrogens is 299 g/mol. The topological polar surface area (TPSA) is 17.1 Å². The molecule has 0 amide bonds. The summed E-state index contributed by atoms with van der Waals surface area (Å²) < 4.78 is 1.51. The van der Waals surface area contributed by atoms with Crippen LogP contribution in [0.2, 0.25) is 5.32 Å². The number of hydrogen-bond donors (Lipinski definition) is 0. The minimum absolute atomic E-state index is 0.534. The van der Waals surface area contributed by atoms with Gasteiger partial charge in [0.1, 0.15) is 0 Å². The van der Waals surface area contributed by atoms with Crippen LogP contribution in [-0.2, 0) is 4.79 Å². The van der Waals surface area contributed by atoms with Crippen LogP contribution in [0.4, 0.5) is 0 Å². The average Bonchev–Trinajstić information content (AvgIpc) is 2.70. The van der Waals surface area contributed by atoms with Gasteiger partial charge in [0.15, 0.2) is 0 Å². The van der Waals surface area contributed by atoms with Gasteiger partial charge in [0, 0.05) is 0 Å². The molecule has 2 aliphatic carbocycles. The van der Waals surface area contributed by atoms with Crippen LogP contribution in [-0.4, -0.2) is 20.7 Å². The summed E-state index contributed by atoms with van der Waals surface area (Å²) in [6.45, 7) is 0. The Morgan fingerprint density at radius 2 is 1.95 bits per heavy atom. The van der Waals surface area contributed by atoms with Crippen molar-refractivity contribution in [1.29, 1.82) is 0 Å². The van der Waals surface area contributed by atoms with Crippen molar-refractivity contribution in [2.75, 3.05) is 0 Å². The van der Waals surface area contributed by atoms with Crippen LogP contribution in [0.1, 0.15) is 38.5 Å². The average molecular weight is 321 g/mol. The molecule has 0 radical (unpaired) electrons. The van der Waals surface area contributed by atoms with Crippen molar-refractivity contribution in [1.82, 2.24) is 0 Å². The van der Waals surface area contributed by atoms with E-state index in [1.807, 2.05) is 0 Å². The van der Waals surface area contributed by atoms with Gasteiger partial charge in [-0.05, 0) is 0 Å². The van der Waals surface area contributed by atoms with E-state index in [1.165, 1.54) is 29.0 Å². The summed E-state index contributed by atoms with van der Waals surface area (Å²) in [6.07, 6.45) is 6.95. The van der Waals surface area contributed by atoms with Gasteiger partial charge in [-0.25, -0.2) is 0 Å². The quantitative estimate of drug-likeness (QED) is 0.781. The molecule has 0 unspecified atom stereocenters. The Morgan fingerprint density at radius 1 is 1.11 bits per heavy atom. The van der Waals surface area contributed by atoms with Crippen LogP contribution < -0.4 is 4.46 Å². The molecule has 1 aromatic rings. The second-order valence-corrected chi connectivity index (χ2v) is 8.31. The van der Waals surface area contributed by atoms with Crippen molar-refractivity contribution >= 4 is 25.2 Å². The minimum atomic E-state index is 0.534. The van der Waals surface area contributed by atoms with E-state index in [4.69, 9.17) is 0 Å². The van der Waals surface area contributed by atoms with Crippen LogP contribution >= 0.6 is 0 Å². The Kier molecular flexibility index (Phi) is 4.40. The maximum absolute atomic E-state index is 11.9. The number of carbonyl (C=O) groups is 1. The van der Waals surface area contributed by atoms with Crippen molar-refractivity contribution < 1.29 is 4.79 Å². The van der Waals surface area contributed by atoms with Crippen LogP contribution in [0.5, 0.6) is 0 Å². The molecular formula is C17H22OSe. The molecule has 0 N–H and O–H groups in total. The predicted molar refractivity (Wildman–Crippen MR) is 79.8 cm³/mol. The van der Waals surface area contributed by atoms with Crippen molar-refractivity contribution in [2.45, 2.75) is 43.8 Å². The third-order valence-electron chi connectivity index (χ3n) is 4.82. The van der Waals surface area contributed by atoms with Crippen molar-refractivity contribution in [2.24, 2.45) is 17.8 Å². The van der Waals surface area contributed by atoms with Gasteiger partial charge in [-0.1, -0.05) is 0 Å². The number of rotatable bonds is 3. The van der Waals surface area contributed by atoms with E-state index in [0.29, 0.717) is 20.7 Å². The molecule has 3 rings (SSSR count). The molecule has 0 aromatic heterocycles. The SMILES string of the molecule is O=C1CCC[C@H]2CC[C@H](C[Se]c3ccccc3)[C@@H]2C1. The first kappa shape index (κ1) is 13.4. The number of benzene rings is 1. The molecule has 0 saturated heterocycles. The van der Waals surface area contributed by atoms with E-state index < -0.39 is 0 Å². The van der Waals surface area contributed by atoms with E-state index in [0.717, 1.165) is 37.0 Å². The molecule has 0 bridgehead atoms. The summed E-state index contributed by atoms with van der Waals surface area (Å²) in [5.74, 6) is 2.95. The Balaban J connectivity index is 1.60. The first-order valence-corrected chi connectivity index (χ1v) is 9.59. The van der Waals surface area contributed by atoms with Crippen molar-refractivity contribution in [3.63, 3.8) is 0 Å². The number of carbonyl (C=O) groups excluding carboxylic acids is 1. The number of ketones is 1. The Morgan fingerprint density at radius 3 is 2.79 bits per heavy atom. The summed E-state index contributed by atoms with van der Waals surface area (Å²) in [4.78, 5) is 11.9. The van der Waals surface area contributed by atoms with Gasteiger partial charge in [0.2, 0.25) is 0 Å². The second-order valence-electron chi connectivity index (χ2n) is 6.02. The van der Waals surface area contributed by atoms with Crippen LogP contribution in [0.15, 0.2) is 30.3 Å². The fourth-order valence-electron chi connectivity index (χ4n) is 3.79. The molecule has 3 atom stereocenters. The molecule has 0 aliphatic heterocycles. The van der Waals surface area contributed by atoms with Crippen LogP contribution in [0.3, 0.4) is 0 Å². The monoisotopic (exact) mass is 322 g/mol. The number of hydrogen-bond acceptors (Lipinski definition) is 1. The number of fused-ring (bicyclic) bond motifs is 1. The maximum atomic E-state index is 11.9. The number of Topliss-reactive ketones (excluding diaryl/α,β-unsaturated/α-hetero) is 1. The Labute approximate surface area is 122 Å². The van der Waals surface area contributed by atoms with Crippen LogP contribution in [0.25, 0.3) is 0 Å². The summed E-state index contributed by atoms with van der Waals surface area (Å²) in [5, 5.41) is 1.34. The third kappa shape index (κ3) is 3.30.